The van der Waals surface area contributed by atoms with Gasteiger partial charge >= 0.3 is 0 Å². The molecule has 7 heteroatoms. The van der Waals surface area contributed by atoms with Crippen LogP contribution in [0.5, 0.6) is 11.5 Å². The predicted octanol–water partition coefficient (Wildman–Crippen LogP) is 3.14. The third-order valence-electron chi connectivity index (χ3n) is 5.21. The SMILES string of the molecule is O=S(=O)(c1ccccc1)N(CCN1CCCCC1)c1ccc2c(c1)OCCO2. The molecule has 0 saturated carbocycles. The topological polar surface area (TPSA) is 59.1 Å². The Morgan fingerprint density at radius 3 is 2.36 bits per heavy atom. The lowest BCUT2D eigenvalue weighted by Crippen LogP contribution is -2.40. The summed E-state index contributed by atoms with van der Waals surface area (Å²) in [6.07, 6.45) is 3.61. The van der Waals surface area contributed by atoms with Crippen molar-refractivity contribution < 1.29 is 17.9 Å². The molecule has 0 aliphatic carbocycles. The van der Waals surface area contributed by atoms with E-state index in [-0.39, 0.29) is 0 Å². The molecule has 2 aromatic carbocycles. The van der Waals surface area contributed by atoms with Gasteiger partial charge in [-0.3, -0.25) is 4.31 Å². The Hall–Kier alpha value is -2.25. The van der Waals surface area contributed by atoms with Gasteiger partial charge in [-0.1, -0.05) is 24.6 Å². The second kappa shape index (κ2) is 8.41. The van der Waals surface area contributed by atoms with Crippen molar-refractivity contribution in [2.45, 2.75) is 24.2 Å². The number of fused-ring (bicyclic) bond motifs is 1. The average Bonchev–Trinajstić information content (AvgIpc) is 2.75. The number of sulfonamides is 1. The van der Waals surface area contributed by atoms with Gasteiger partial charge in [0.15, 0.2) is 11.5 Å². The highest BCUT2D eigenvalue weighted by Crippen LogP contribution is 2.35. The van der Waals surface area contributed by atoms with Crippen LogP contribution in [0.2, 0.25) is 0 Å². The fourth-order valence-corrected chi connectivity index (χ4v) is 5.18. The van der Waals surface area contributed by atoms with Crippen LogP contribution in [0.1, 0.15) is 19.3 Å². The number of nitrogens with zero attached hydrogens (tertiary/aromatic N) is 2. The van der Waals surface area contributed by atoms with Gasteiger partial charge in [0, 0.05) is 19.2 Å². The Morgan fingerprint density at radius 2 is 1.61 bits per heavy atom. The van der Waals surface area contributed by atoms with Crippen LogP contribution in [-0.4, -0.2) is 52.7 Å². The fraction of sp³-hybridized carbons (Fsp3) is 0.429. The van der Waals surface area contributed by atoms with Crippen molar-refractivity contribution in [3.8, 4) is 11.5 Å². The maximum absolute atomic E-state index is 13.4. The zero-order chi connectivity index (χ0) is 19.4. The molecule has 4 rings (SSSR count). The van der Waals surface area contributed by atoms with E-state index >= 15 is 0 Å². The molecular weight excluding hydrogens is 376 g/mol. The number of anilines is 1. The number of likely N-dealkylation sites (tertiary alicyclic amines) is 1. The van der Waals surface area contributed by atoms with E-state index < -0.39 is 10.0 Å². The van der Waals surface area contributed by atoms with E-state index in [9.17, 15) is 8.42 Å². The predicted molar refractivity (Wildman–Crippen MR) is 109 cm³/mol. The summed E-state index contributed by atoms with van der Waals surface area (Å²) in [5, 5.41) is 0. The molecule has 2 aliphatic rings. The Balaban J connectivity index is 1.64. The molecule has 0 unspecified atom stereocenters. The van der Waals surface area contributed by atoms with E-state index in [1.165, 1.54) is 23.6 Å². The summed E-state index contributed by atoms with van der Waals surface area (Å²) in [6.45, 7) is 4.14. The zero-order valence-electron chi connectivity index (χ0n) is 15.9. The van der Waals surface area contributed by atoms with Crippen molar-refractivity contribution in [2.24, 2.45) is 0 Å². The highest BCUT2D eigenvalue weighted by molar-refractivity contribution is 7.92. The highest BCUT2D eigenvalue weighted by Gasteiger charge is 2.27. The summed E-state index contributed by atoms with van der Waals surface area (Å²) in [7, 11) is -3.67. The quantitative estimate of drug-likeness (QED) is 0.743. The molecule has 0 amide bonds. The summed E-state index contributed by atoms with van der Waals surface area (Å²) in [6, 6.07) is 14.0. The smallest absolute Gasteiger partial charge is 0.264 e. The van der Waals surface area contributed by atoms with E-state index in [4.69, 9.17) is 9.47 Å². The summed E-state index contributed by atoms with van der Waals surface area (Å²) in [5.74, 6) is 1.25. The monoisotopic (exact) mass is 402 g/mol. The van der Waals surface area contributed by atoms with Crippen molar-refractivity contribution in [2.75, 3.05) is 43.7 Å². The summed E-state index contributed by atoms with van der Waals surface area (Å²) in [5.41, 5.74) is 0.602. The molecule has 2 heterocycles. The number of hydrogen-bond acceptors (Lipinski definition) is 5. The first-order valence-electron chi connectivity index (χ1n) is 9.84. The van der Waals surface area contributed by atoms with E-state index in [0.717, 1.165) is 13.1 Å². The average molecular weight is 403 g/mol. The van der Waals surface area contributed by atoms with Crippen molar-refractivity contribution in [3.63, 3.8) is 0 Å². The highest BCUT2D eigenvalue weighted by atomic mass is 32.2. The van der Waals surface area contributed by atoms with Crippen molar-refractivity contribution in [1.82, 2.24) is 4.90 Å². The normalized spacial score (nSPS) is 17.3. The second-order valence-corrected chi connectivity index (χ2v) is 8.98. The number of rotatable bonds is 6. The van der Waals surface area contributed by atoms with Gasteiger partial charge in [-0.15, -0.1) is 0 Å². The van der Waals surface area contributed by atoms with Crippen LogP contribution in [-0.2, 0) is 10.0 Å². The molecule has 0 bridgehead atoms. The largest absolute Gasteiger partial charge is 0.486 e. The molecular formula is C21H26N2O4S. The Labute approximate surface area is 166 Å². The minimum absolute atomic E-state index is 0.295. The van der Waals surface area contributed by atoms with E-state index in [1.54, 1.807) is 42.5 Å². The van der Waals surface area contributed by atoms with Crippen LogP contribution in [0.25, 0.3) is 0 Å². The van der Waals surface area contributed by atoms with Crippen LogP contribution in [0.3, 0.4) is 0 Å². The Kier molecular flexibility index (Phi) is 5.73. The lowest BCUT2D eigenvalue weighted by Gasteiger charge is -2.31. The van der Waals surface area contributed by atoms with Crippen molar-refractivity contribution >= 4 is 15.7 Å². The van der Waals surface area contributed by atoms with Crippen molar-refractivity contribution in [1.29, 1.82) is 0 Å². The lowest BCUT2D eigenvalue weighted by molar-refractivity contribution is 0.171. The van der Waals surface area contributed by atoms with Gasteiger partial charge < -0.3 is 14.4 Å². The number of hydrogen-bond donors (Lipinski definition) is 0. The lowest BCUT2D eigenvalue weighted by atomic mass is 10.1. The summed E-state index contributed by atoms with van der Waals surface area (Å²) >= 11 is 0. The van der Waals surface area contributed by atoms with Gasteiger partial charge in [0.25, 0.3) is 10.0 Å². The summed E-state index contributed by atoms with van der Waals surface area (Å²) in [4.78, 5) is 2.64. The fourth-order valence-electron chi connectivity index (χ4n) is 3.71. The van der Waals surface area contributed by atoms with Crippen molar-refractivity contribution in [3.05, 3.63) is 48.5 Å². The number of piperidine rings is 1. The minimum atomic E-state index is -3.67. The first-order chi connectivity index (χ1) is 13.6. The molecule has 1 saturated heterocycles. The number of ether oxygens (including phenoxy) is 2. The van der Waals surface area contributed by atoms with Crippen LogP contribution in [0.15, 0.2) is 53.4 Å². The maximum atomic E-state index is 13.4. The van der Waals surface area contributed by atoms with Gasteiger partial charge in [-0.2, -0.15) is 0 Å². The summed E-state index contributed by atoms with van der Waals surface area (Å²) < 4.78 is 39.6. The third-order valence-corrected chi connectivity index (χ3v) is 7.05. The minimum Gasteiger partial charge on any atom is -0.486 e. The van der Waals surface area contributed by atoms with E-state index in [1.807, 2.05) is 6.07 Å². The second-order valence-electron chi connectivity index (χ2n) is 7.12. The molecule has 0 aromatic heterocycles. The molecule has 0 spiro atoms. The third kappa shape index (κ3) is 4.10. The molecule has 28 heavy (non-hydrogen) atoms. The van der Waals surface area contributed by atoms with Crippen LogP contribution < -0.4 is 13.8 Å². The first-order valence-corrected chi connectivity index (χ1v) is 11.3. The molecule has 0 radical (unpaired) electrons. The van der Waals surface area contributed by atoms with Gasteiger partial charge in [0.1, 0.15) is 13.2 Å². The molecule has 0 N–H and O–H groups in total. The standard InChI is InChI=1S/C21H26N2O4S/c24-28(25,19-7-3-1-4-8-19)23(14-13-22-11-5-2-6-12-22)18-9-10-20-21(17-18)27-16-15-26-20/h1,3-4,7-10,17H,2,5-6,11-16H2. The van der Waals surface area contributed by atoms with E-state index in [0.29, 0.717) is 48.4 Å². The Bertz CT molecular complexity index is 896. The Morgan fingerprint density at radius 1 is 0.893 bits per heavy atom. The van der Waals surface area contributed by atoms with Gasteiger partial charge in [0.2, 0.25) is 0 Å². The number of benzene rings is 2. The molecule has 150 valence electrons. The molecule has 0 atom stereocenters. The van der Waals surface area contributed by atoms with E-state index in [2.05, 4.69) is 4.90 Å². The zero-order valence-corrected chi connectivity index (χ0v) is 16.7. The van der Waals surface area contributed by atoms with Crippen LogP contribution in [0, 0.1) is 0 Å². The first kappa shape index (κ1) is 19.1. The van der Waals surface area contributed by atoms with Crippen LogP contribution in [0.4, 0.5) is 5.69 Å². The van der Waals surface area contributed by atoms with Gasteiger partial charge in [-0.05, 0) is 50.2 Å². The van der Waals surface area contributed by atoms with Gasteiger partial charge in [-0.25, -0.2) is 8.42 Å². The molecule has 6 nitrogen and oxygen atoms in total. The maximum Gasteiger partial charge on any atom is 0.264 e. The van der Waals surface area contributed by atoms with Crippen LogP contribution >= 0.6 is 0 Å². The molecule has 2 aliphatic heterocycles. The molecule has 2 aromatic rings. The molecule has 1 fully saturated rings. The van der Waals surface area contributed by atoms with Gasteiger partial charge in [0.05, 0.1) is 10.6 Å².